The lowest BCUT2D eigenvalue weighted by Gasteiger charge is -2.35. The van der Waals surface area contributed by atoms with Gasteiger partial charge in [-0.15, -0.1) is 11.3 Å². The minimum atomic E-state index is -0.510. The molecule has 10 aromatic rings. The summed E-state index contributed by atoms with van der Waals surface area (Å²) in [5.41, 5.74) is 16.8. The summed E-state index contributed by atoms with van der Waals surface area (Å²) in [5, 5.41) is 3.86. The molecule has 0 N–H and O–H groups in total. The Hall–Kier alpha value is -6.55. The van der Waals surface area contributed by atoms with E-state index in [1.165, 1.54) is 75.8 Å². The number of aromatic nitrogens is 2. The molecule has 0 saturated heterocycles. The van der Waals surface area contributed by atoms with Gasteiger partial charge in [0, 0.05) is 37.4 Å². The van der Waals surface area contributed by atoms with Crippen molar-refractivity contribution in [1.29, 1.82) is 0 Å². The van der Waals surface area contributed by atoms with Crippen molar-refractivity contribution in [3.05, 3.63) is 203 Å². The van der Waals surface area contributed by atoms with Crippen LogP contribution >= 0.6 is 11.3 Å². The SMILES string of the molecule is C1=Cc2ccc(-c3ccc4c(c3)c3ncccc3n4-c3ccccc3)cc2C2(c3ccccc31)c1ccccc1-c1c2ccc2sc3ccccc3c12. The molecule has 12 rings (SSSR count). The average Bonchev–Trinajstić information content (AvgIpc) is 3.83. The van der Waals surface area contributed by atoms with E-state index in [1.54, 1.807) is 0 Å². The van der Waals surface area contributed by atoms with Crippen LogP contribution in [0.5, 0.6) is 0 Å². The quantitative estimate of drug-likeness (QED) is 0.177. The Bertz CT molecular complexity index is 3180. The van der Waals surface area contributed by atoms with E-state index in [1.807, 2.05) is 23.6 Å². The van der Waals surface area contributed by atoms with Crippen molar-refractivity contribution in [2.24, 2.45) is 0 Å². The van der Waals surface area contributed by atoms with Gasteiger partial charge in [0.2, 0.25) is 0 Å². The first-order valence-electron chi connectivity index (χ1n) is 18.2. The Morgan fingerprint density at radius 3 is 2.17 bits per heavy atom. The summed E-state index contributed by atoms with van der Waals surface area (Å²) in [7, 11) is 0. The second kappa shape index (κ2) is 10.7. The maximum absolute atomic E-state index is 4.92. The largest absolute Gasteiger partial charge is 0.308 e. The molecule has 7 aromatic carbocycles. The minimum absolute atomic E-state index is 0.510. The highest BCUT2D eigenvalue weighted by Gasteiger charge is 2.49. The van der Waals surface area contributed by atoms with Crippen LogP contribution in [0.15, 0.2) is 170 Å². The molecule has 3 heterocycles. The van der Waals surface area contributed by atoms with Crippen LogP contribution in [0.3, 0.4) is 0 Å². The molecule has 0 radical (unpaired) electrons. The molecule has 2 aliphatic rings. The molecule has 0 fully saturated rings. The van der Waals surface area contributed by atoms with Crippen LogP contribution in [-0.2, 0) is 5.41 Å². The Balaban J connectivity index is 1.16. The van der Waals surface area contributed by atoms with E-state index in [2.05, 4.69) is 174 Å². The molecule has 0 aliphatic heterocycles. The summed E-state index contributed by atoms with van der Waals surface area (Å²) in [6.45, 7) is 0. The zero-order valence-corrected chi connectivity index (χ0v) is 29.4. The zero-order valence-electron chi connectivity index (χ0n) is 28.6. The summed E-state index contributed by atoms with van der Waals surface area (Å²) in [6, 6.07) is 60.7. The van der Waals surface area contributed by atoms with Gasteiger partial charge < -0.3 is 4.57 Å². The normalized spacial score (nSPS) is 15.5. The first-order valence-corrected chi connectivity index (χ1v) is 19.0. The zero-order chi connectivity index (χ0) is 34.7. The molecule has 2 nitrogen and oxygen atoms in total. The average molecular weight is 691 g/mol. The van der Waals surface area contributed by atoms with Gasteiger partial charge in [-0.2, -0.15) is 0 Å². The molecule has 1 spiro atoms. The standard InChI is InChI=1S/C50H30N2S/c1-2-12-35(13-3-1)52-43-26-24-33(29-38(43)49-44(52)18-10-28-51-49)34-23-22-32-21-20-31-11-4-7-16-39(31)50(42(32)30-34)40-17-8-5-14-36(40)47-41(50)25-27-46-48(47)37-15-6-9-19-45(37)53-46/h1-30H. The molecular weight excluding hydrogens is 661 g/mol. The van der Waals surface area contributed by atoms with Gasteiger partial charge in [0.25, 0.3) is 0 Å². The van der Waals surface area contributed by atoms with Gasteiger partial charge in [0.1, 0.15) is 0 Å². The number of para-hydroxylation sites is 1. The highest BCUT2D eigenvalue weighted by molar-refractivity contribution is 7.26. The van der Waals surface area contributed by atoms with Crippen LogP contribution in [0.4, 0.5) is 0 Å². The Labute approximate surface area is 310 Å². The van der Waals surface area contributed by atoms with Gasteiger partial charge in [-0.3, -0.25) is 4.98 Å². The van der Waals surface area contributed by atoms with Crippen molar-refractivity contribution < 1.29 is 0 Å². The van der Waals surface area contributed by atoms with Crippen molar-refractivity contribution in [2.75, 3.05) is 0 Å². The van der Waals surface area contributed by atoms with Gasteiger partial charge in [0.15, 0.2) is 0 Å². The lowest BCUT2D eigenvalue weighted by Crippen LogP contribution is -2.30. The molecule has 1 atom stereocenters. The molecule has 246 valence electrons. The third kappa shape index (κ3) is 3.84. The van der Waals surface area contributed by atoms with E-state index < -0.39 is 5.41 Å². The Kier molecular flexibility index (Phi) is 5.89. The van der Waals surface area contributed by atoms with Gasteiger partial charge in [-0.1, -0.05) is 121 Å². The van der Waals surface area contributed by atoms with Gasteiger partial charge >= 0.3 is 0 Å². The smallest absolute Gasteiger partial charge is 0.0963 e. The van der Waals surface area contributed by atoms with Crippen molar-refractivity contribution in [3.63, 3.8) is 0 Å². The molecule has 2 aliphatic carbocycles. The predicted octanol–water partition coefficient (Wildman–Crippen LogP) is 13.1. The second-order valence-electron chi connectivity index (χ2n) is 14.3. The topological polar surface area (TPSA) is 17.8 Å². The highest BCUT2D eigenvalue weighted by atomic mass is 32.1. The number of rotatable bonds is 2. The summed E-state index contributed by atoms with van der Waals surface area (Å²) in [4.78, 5) is 4.92. The fourth-order valence-corrected chi connectivity index (χ4v) is 10.7. The maximum Gasteiger partial charge on any atom is 0.0963 e. The number of benzene rings is 7. The van der Waals surface area contributed by atoms with Gasteiger partial charge in [-0.25, -0.2) is 0 Å². The molecular formula is C50H30N2S. The van der Waals surface area contributed by atoms with Crippen molar-refractivity contribution in [3.8, 4) is 27.9 Å². The van der Waals surface area contributed by atoms with Crippen LogP contribution in [0, 0.1) is 0 Å². The van der Waals surface area contributed by atoms with E-state index in [4.69, 9.17) is 4.98 Å². The van der Waals surface area contributed by atoms with E-state index >= 15 is 0 Å². The van der Waals surface area contributed by atoms with Gasteiger partial charge in [0.05, 0.1) is 22.0 Å². The fourth-order valence-electron chi connectivity index (χ4n) is 9.55. The number of fused-ring (bicyclic) bond motifs is 16. The summed E-state index contributed by atoms with van der Waals surface area (Å²) >= 11 is 1.90. The number of thiophene rings is 1. The molecule has 3 heteroatoms. The van der Waals surface area contributed by atoms with Crippen molar-refractivity contribution in [1.82, 2.24) is 9.55 Å². The number of hydrogen-bond acceptors (Lipinski definition) is 2. The van der Waals surface area contributed by atoms with Crippen molar-refractivity contribution in [2.45, 2.75) is 5.41 Å². The molecule has 0 amide bonds. The summed E-state index contributed by atoms with van der Waals surface area (Å²) in [5.74, 6) is 0. The molecule has 1 unspecified atom stereocenters. The number of pyridine rings is 1. The van der Waals surface area contributed by atoms with Crippen molar-refractivity contribution >= 4 is 65.6 Å². The predicted molar refractivity (Wildman–Crippen MR) is 223 cm³/mol. The third-order valence-corrected chi connectivity index (χ3v) is 12.8. The minimum Gasteiger partial charge on any atom is -0.308 e. The summed E-state index contributed by atoms with van der Waals surface area (Å²) in [6.07, 6.45) is 6.55. The molecule has 0 bridgehead atoms. The van der Waals surface area contributed by atoms with Crippen LogP contribution in [0.2, 0.25) is 0 Å². The fraction of sp³-hybridized carbons (Fsp3) is 0.0200. The number of hydrogen-bond donors (Lipinski definition) is 0. The Morgan fingerprint density at radius 1 is 0.491 bits per heavy atom. The molecule has 3 aromatic heterocycles. The first kappa shape index (κ1) is 29.1. The van der Waals surface area contributed by atoms with E-state index in [9.17, 15) is 0 Å². The van der Waals surface area contributed by atoms with Crippen LogP contribution in [0.25, 0.3) is 82.2 Å². The van der Waals surface area contributed by atoms with Crippen LogP contribution in [-0.4, -0.2) is 9.55 Å². The monoisotopic (exact) mass is 690 g/mol. The third-order valence-electron chi connectivity index (χ3n) is 11.7. The van der Waals surface area contributed by atoms with E-state index in [0.717, 1.165) is 27.6 Å². The van der Waals surface area contributed by atoms with E-state index in [-0.39, 0.29) is 0 Å². The molecule has 0 saturated carbocycles. The van der Waals surface area contributed by atoms with E-state index in [0.29, 0.717) is 0 Å². The summed E-state index contributed by atoms with van der Waals surface area (Å²) < 4.78 is 5.00. The first-order chi connectivity index (χ1) is 26.3. The lowest BCUT2D eigenvalue weighted by molar-refractivity contribution is 0.767. The second-order valence-corrected chi connectivity index (χ2v) is 15.3. The maximum atomic E-state index is 4.92. The van der Waals surface area contributed by atoms with Crippen LogP contribution < -0.4 is 0 Å². The lowest BCUT2D eigenvalue weighted by atomic mass is 9.65. The Morgan fingerprint density at radius 2 is 1.25 bits per heavy atom. The van der Waals surface area contributed by atoms with Crippen LogP contribution in [0.1, 0.15) is 33.4 Å². The highest BCUT2D eigenvalue weighted by Crippen LogP contribution is 2.61. The molecule has 53 heavy (non-hydrogen) atoms. The van der Waals surface area contributed by atoms with Gasteiger partial charge in [-0.05, 0) is 110 Å². The number of nitrogens with zero attached hydrogens (tertiary/aromatic N) is 2.